The van der Waals surface area contributed by atoms with Crippen LogP contribution in [-0.4, -0.2) is 63.8 Å². The Kier molecular flexibility index (Phi) is 8.71. The van der Waals surface area contributed by atoms with E-state index in [0.29, 0.717) is 0 Å². The van der Waals surface area contributed by atoms with Gasteiger partial charge >= 0.3 is 0 Å². The van der Waals surface area contributed by atoms with Crippen LogP contribution in [0.4, 0.5) is 0 Å². The fourth-order valence-corrected chi connectivity index (χ4v) is 1.92. The van der Waals surface area contributed by atoms with Gasteiger partial charge in [-0.15, -0.1) is 0 Å². The van der Waals surface area contributed by atoms with Crippen molar-refractivity contribution in [1.29, 1.82) is 0 Å². The van der Waals surface area contributed by atoms with Crippen LogP contribution in [0.25, 0.3) is 0 Å². The van der Waals surface area contributed by atoms with Gasteiger partial charge in [0.2, 0.25) is 0 Å². The molecule has 0 saturated carbocycles. The number of hydrogen-bond donors (Lipinski definition) is 3. The second-order valence-electron chi connectivity index (χ2n) is 4.45. The van der Waals surface area contributed by atoms with Crippen molar-refractivity contribution < 1.29 is 0 Å². The highest BCUT2D eigenvalue weighted by molar-refractivity contribution is 4.64. The van der Waals surface area contributed by atoms with E-state index in [1.54, 1.807) is 0 Å². The summed E-state index contributed by atoms with van der Waals surface area (Å²) in [4.78, 5) is 2.57. The molecule has 16 heavy (non-hydrogen) atoms. The summed E-state index contributed by atoms with van der Waals surface area (Å²) in [5, 5.41) is 10.4. The van der Waals surface area contributed by atoms with Gasteiger partial charge in [0.15, 0.2) is 0 Å². The Balaban J connectivity index is 2.19. The molecular formula is C12H28N4. The zero-order valence-corrected chi connectivity index (χ0v) is 10.7. The lowest BCUT2D eigenvalue weighted by Crippen LogP contribution is -2.42. The van der Waals surface area contributed by atoms with Crippen LogP contribution in [0.1, 0.15) is 19.8 Å². The summed E-state index contributed by atoms with van der Waals surface area (Å²) in [6.07, 6.45) is 2.61. The van der Waals surface area contributed by atoms with Crippen molar-refractivity contribution in [3.05, 3.63) is 0 Å². The van der Waals surface area contributed by atoms with Gasteiger partial charge in [0.1, 0.15) is 0 Å². The quantitative estimate of drug-likeness (QED) is 0.629. The lowest BCUT2D eigenvalue weighted by atomic mass is 10.3. The van der Waals surface area contributed by atoms with Gasteiger partial charge in [-0.25, -0.2) is 0 Å². The predicted molar refractivity (Wildman–Crippen MR) is 70.0 cm³/mol. The molecule has 4 nitrogen and oxygen atoms in total. The van der Waals surface area contributed by atoms with Crippen molar-refractivity contribution in [3.63, 3.8) is 0 Å². The zero-order chi connectivity index (χ0) is 11.5. The standard InChI is InChI=1S/C12H28N4/c1-2-3-10-16-11-8-14-6-4-13-5-7-15-9-12-16/h13-15H,2-12H2,1H3. The molecule has 1 aliphatic heterocycles. The highest BCUT2D eigenvalue weighted by atomic mass is 15.2. The minimum absolute atomic E-state index is 1.08. The first-order chi connectivity index (χ1) is 7.93. The van der Waals surface area contributed by atoms with E-state index < -0.39 is 0 Å². The average molecular weight is 228 g/mol. The van der Waals surface area contributed by atoms with Gasteiger partial charge in [-0.05, 0) is 13.0 Å². The number of hydrogen-bond acceptors (Lipinski definition) is 4. The summed E-state index contributed by atoms with van der Waals surface area (Å²) in [5.74, 6) is 0. The van der Waals surface area contributed by atoms with Crippen molar-refractivity contribution in [3.8, 4) is 0 Å². The van der Waals surface area contributed by atoms with Gasteiger partial charge < -0.3 is 20.9 Å². The van der Waals surface area contributed by atoms with E-state index in [0.717, 1.165) is 39.3 Å². The fraction of sp³-hybridized carbons (Fsp3) is 1.00. The third-order valence-electron chi connectivity index (χ3n) is 2.99. The van der Waals surface area contributed by atoms with Crippen LogP contribution in [0.5, 0.6) is 0 Å². The van der Waals surface area contributed by atoms with Crippen molar-refractivity contribution in [2.24, 2.45) is 0 Å². The number of rotatable bonds is 3. The smallest absolute Gasteiger partial charge is 0.0107 e. The second kappa shape index (κ2) is 10.0. The maximum Gasteiger partial charge on any atom is 0.0107 e. The Bertz CT molecular complexity index is 140. The SMILES string of the molecule is CCCCN1CCNCCNCCNCC1. The molecule has 0 bridgehead atoms. The van der Waals surface area contributed by atoms with Gasteiger partial charge in [-0.2, -0.15) is 0 Å². The molecule has 4 heteroatoms. The molecule has 0 aromatic rings. The first-order valence-corrected chi connectivity index (χ1v) is 6.78. The van der Waals surface area contributed by atoms with Crippen LogP contribution in [0, 0.1) is 0 Å². The third kappa shape index (κ3) is 7.17. The Morgan fingerprint density at radius 3 is 1.81 bits per heavy atom. The molecule has 96 valence electrons. The van der Waals surface area contributed by atoms with Crippen LogP contribution >= 0.6 is 0 Å². The molecule has 0 aromatic heterocycles. The fourth-order valence-electron chi connectivity index (χ4n) is 1.92. The lowest BCUT2D eigenvalue weighted by molar-refractivity contribution is 0.267. The molecule has 1 aliphatic rings. The van der Waals surface area contributed by atoms with E-state index in [1.165, 1.54) is 32.5 Å². The Morgan fingerprint density at radius 1 is 0.812 bits per heavy atom. The van der Waals surface area contributed by atoms with Crippen LogP contribution in [0.3, 0.4) is 0 Å². The Morgan fingerprint density at radius 2 is 1.31 bits per heavy atom. The van der Waals surface area contributed by atoms with Crippen molar-refractivity contribution in [2.45, 2.75) is 19.8 Å². The summed E-state index contributed by atoms with van der Waals surface area (Å²) < 4.78 is 0. The Labute approximate surface area is 100 Å². The first kappa shape index (κ1) is 13.9. The molecule has 1 rings (SSSR count). The molecule has 1 saturated heterocycles. The predicted octanol–water partition coefficient (Wildman–Crippen LogP) is -0.129. The average Bonchev–Trinajstić information content (AvgIpc) is 2.28. The minimum atomic E-state index is 1.08. The van der Waals surface area contributed by atoms with Crippen molar-refractivity contribution >= 4 is 0 Å². The number of unbranched alkanes of at least 4 members (excludes halogenated alkanes) is 1. The van der Waals surface area contributed by atoms with E-state index in [1.807, 2.05) is 0 Å². The molecule has 0 aromatic carbocycles. The molecule has 0 amide bonds. The maximum absolute atomic E-state index is 3.49. The first-order valence-electron chi connectivity index (χ1n) is 6.78. The third-order valence-corrected chi connectivity index (χ3v) is 2.99. The Hall–Kier alpha value is -0.160. The summed E-state index contributed by atoms with van der Waals surface area (Å²) in [7, 11) is 0. The molecule has 0 aliphatic carbocycles. The number of nitrogens with one attached hydrogen (secondary N) is 3. The van der Waals surface area contributed by atoms with E-state index in [4.69, 9.17) is 0 Å². The topological polar surface area (TPSA) is 39.3 Å². The van der Waals surface area contributed by atoms with Crippen LogP contribution in [0.15, 0.2) is 0 Å². The van der Waals surface area contributed by atoms with Gasteiger partial charge in [0, 0.05) is 52.4 Å². The van der Waals surface area contributed by atoms with Crippen molar-refractivity contribution in [2.75, 3.05) is 58.9 Å². The minimum Gasteiger partial charge on any atom is -0.314 e. The summed E-state index contributed by atoms with van der Waals surface area (Å²) in [5.41, 5.74) is 0. The monoisotopic (exact) mass is 228 g/mol. The molecule has 3 N–H and O–H groups in total. The van der Waals surface area contributed by atoms with Crippen molar-refractivity contribution in [1.82, 2.24) is 20.9 Å². The summed E-state index contributed by atoms with van der Waals surface area (Å²) in [6.45, 7) is 12.4. The summed E-state index contributed by atoms with van der Waals surface area (Å²) >= 11 is 0. The largest absolute Gasteiger partial charge is 0.314 e. The number of nitrogens with zero attached hydrogens (tertiary/aromatic N) is 1. The van der Waals surface area contributed by atoms with E-state index in [2.05, 4.69) is 27.8 Å². The van der Waals surface area contributed by atoms with Crippen LogP contribution < -0.4 is 16.0 Å². The van der Waals surface area contributed by atoms with E-state index >= 15 is 0 Å². The molecular weight excluding hydrogens is 200 g/mol. The van der Waals surface area contributed by atoms with Gasteiger partial charge in [0.05, 0.1) is 0 Å². The highest BCUT2D eigenvalue weighted by Crippen LogP contribution is 1.93. The highest BCUT2D eigenvalue weighted by Gasteiger charge is 2.04. The summed E-state index contributed by atoms with van der Waals surface area (Å²) in [6, 6.07) is 0. The molecule has 0 unspecified atom stereocenters. The van der Waals surface area contributed by atoms with Gasteiger partial charge in [0.25, 0.3) is 0 Å². The van der Waals surface area contributed by atoms with Gasteiger partial charge in [-0.1, -0.05) is 13.3 Å². The van der Waals surface area contributed by atoms with Crippen LogP contribution in [-0.2, 0) is 0 Å². The second-order valence-corrected chi connectivity index (χ2v) is 4.45. The maximum atomic E-state index is 3.49. The molecule has 1 heterocycles. The molecule has 1 fully saturated rings. The van der Waals surface area contributed by atoms with E-state index in [-0.39, 0.29) is 0 Å². The normalized spacial score (nSPS) is 22.3. The molecule has 0 atom stereocenters. The zero-order valence-electron chi connectivity index (χ0n) is 10.7. The lowest BCUT2D eigenvalue weighted by Gasteiger charge is -2.23. The molecule has 0 radical (unpaired) electrons. The molecule has 0 spiro atoms. The van der Waals surface area contributed by atoms with E-state index in [9.17, 15) is 0 Å². The van der Waals surface area contributed by atoms with Crippen LogP contribution in [0.2, 0.25) is 0 Å². The van der Waals surface area contributed by atoms with Gasteiger partial charge in [-0.3, -0.25) is 0 Å².